The summed E-state index contributed by atoms with van der Waals surface area (Å²) in [5.41, 5.74) is 4.13. The third-order valence-electron chi connectivity index (χ3n) is 10.7. The number of hydrogen-bond donors (Lipinski definition) is 5. The maximum Gasteiger partial charge on any atom is 0.315 e. The molecule has 5 heterocycles. The highest BCUT2D eigenvalue weighted by Crippen LogP contribution is 2.41. The van der Waals surface area contributed by atoms with Gasteiger partial charge in [-0.2, -0.15) is 15.1 Å². The van der Waals surface area contributed by atoms with Crippen molar-refractivity contribution < 1.29 is 15.0 Å². The third kappa shape index (κ3) is 6.85. The second kappa shape index (κ2) is 15.2. The van der Waals surface area contributed by atoms with Gasteiger partial charge in [0, 0.05) is 56.7 Å². The molecule has 8 rings (SSSR count). The van der Waals surface area contributed by atoms with Crippen LogP contribution in [0, 0.1) is 0 Å². The van der Waals surface area contributed by atoms with Crippen LogP contribution in [-0.2, 0) is 18.6 Å². The minimum Gasteiger partial charge on any atom is -0.390 e. The molecular formula is C40H45N11O3. The van der Waals surface area contributed by atoms with E-state index in [2.05, 4.69) is 62.1 Å². The van der Waals surface area contributed by atoms with Crippen LogP contribution in [-0.4, -0.2) is 88.4 Å². The van der Waals surface area contributed by atoms with Crippen molar-refractivity contribution in [2.45, 2.75) is 69.0 Å². The Morgan fingerprint density at radius 2 is 1.74 bits per heavy atom. The Morgan fingerprint density at radius 1 is 0.963 bits per heavy atom. The first kappa shape index (κ1) is 35.2. The molecule has 1 aliphatic heterocycles. The number of carbonyl (C=O) groups excluding carboxylic acids is 1. The largest absolute Gasteiger partial charge is 0.390 e. The van der Waals surface area contributed by atoms with E-state index in [-0.39, 0.29) is 18.0 Å². The van der Waals surface area contributed by atoms with Gasteiger partial charge in [-0.25, -0.2) is 14.5 Å². The first-order chi connectivity index (χ1) is 26.4. The number of aliphatic hydroxyl groups excluding tert-OH is 2. The van der Waals surface area contributed by atoms with Gasteiger partial charge >= 0.3 is 6.03 Å². The number of pyridine rings is 1. The summed E-state index contributed by atoms with van der Waals surface area (Å²) >= 11 is 0. The second-order valence-electron chi connectivity index (χ2n) is 14.1. The molecule has 4 aromatic heterocycles. The number of aromatic nitrogens is 7. The molecule has 2 aromatic carbocycles. The fourth-order valence-electron chi connectivity index (χ4n) is 7.77. The number of anilines is 2. The number of amides is 2. The lowest BCUT2D eigenvalue weighted by Gasteiger charge is -2.35. The van der Waals surface area contributed by atoms with E-state index in [0.717, 1.165) is 28.7 Å². The van der Waals surface area contributed by atoms with Gasteiger partial charge in [0.15, 0.2) is 22.6 Å². The molecule has 0 radical (unpaired) electrons. The fraction of sp³-hybridized carbons (Fsp3) is 0.350. The zero-order valence-electron chi connectivity index (χ0n) is 30.2. The summed E-state index contributed by atoms with van der Waals surface area (Å²) in [6.45, 7) is 4.08. The van der Waals surface area contributed by atoms with Gasteiger partial charge in [0.2, 0.25) is 5.95 Å². The van der Waals surface area contributed by atoms with E-state index < -0.39 is 17.9 Å². The fourth-order valence-corrected chi connectivity index (χ4v) is 7.77. The zero-order chi connectivity index (χ0) is 37.1. The molecule has 0 unspecified atom stereocenters. The number of urea groups is 1. The molecule has 5 N–H and O–H groups in total. The summed E-state index contributed by atoms with van der Waals surface area (Å²) in [7, 11) is 0. The second-order valence-corrected chi connectivity index (χ2v) is 14.1. The first-order valence-corrected chi connectivity index (χ1v) is 18.6. The topological polar surface area (TPSA) is 171 Å². The normalized spacial score (nSPS) is 21.2. The molecule has 2 amide bonds. The number of nitrogens with zero attached hydrogens (tertiary/aromatic N) is 8. The molecule has 6 aromatic rings. The lowest BCUT2D eigenvalue weighted by molar-refractivity contribution is -0.0319. The number of nitrogens with one attached hydrogen (secondary N) is 3. The summed E-state index contributed by atoms with van der Waals surface area (Å²) in [5.74, 6) is 1.04. The summed E-state index contributed by atoms with van der Waals surface area (Å²) in [6, 6.07) is 24.1. The molecule has 1 aliphatic carbocycles. The van der Waals surface area contributed by atoms with E-state index in [9.17, 15) is 15.0 Å². The number of benzene rings is 2. The Hall–Kier alpha value is -5.86. The van der Waals surface area contributed by atoms with Crippen LogP contribution in [0.2, 0.25) is 0 Å². The molecule has 0 bridgehead atoms. The SMILES string of the molecule is CCc1cnn([C@]2(n3cnc4c(NCC(c5ccccc5)c5ccccc5)nc(N5CC[C@@H](NC(=O)NCc6cccnc6)C5)nc43)CC[C@@H](O)[C@@H]2O)c1. The van der Waals surface area contributed by atoms with Gasteiger partial charge in [-0.3, -0.25) is 9.55 Å². The quantitative estimate of drug-likeness (QED) is 0.124. The van der Waals surface area contributed by atoms with Crippen LogP contribution in [0.1, 0.15) is 54.4 Å². The van der Waals surface area contributed by atoms with Crippen LogP contribution in [0.25, 0.3) is 11.2 Å². The van der Waals surface area contributed by atoms with Gasteiger partial charge in [-0.15, -0.1) is 0 Å². The Balaban J connectivity index is 1.14. The van der Waals surface area contributed by atoms with Crippen LogP contribution in [0.15, 0.2) is 104 Å². The minimum absolute atomic E-state index is 0.0168. The van der Waals surface area contributed by atoms with Crippen molar-refractivity contribution in [3.05, 3.63) is 126 Å². The number of imidazole rings is 1. The Kier molecular flexibility index (Phi) is 9.93. The highest BCUT2D eigenvalue weighted by atomic mass is 16.3. The van der Waals surface area contributed by atoms with E-state index >= 15 is 0 Å². The Labute approximate surface area is 313 Å². The monoisotopic (exact) mass is 727 g/mol. The lowest BCUT2D eigenvalue weighted by atomic mass is 9.91. The summed E-state index contributed by atoms with van der Waals surface area (Å²) in [6.07, 6.45) is 8.98. The molecule has 0 spiro atoms. The van der Waals surface area contributed by atoms with Crippen molar-refractivity contribution in [3.63, 3.8) is 0 Å². The van der Waals surface area contributed by atoms with Crippen molar-refractivity contribution in [1.29, 1.82) is 0 Å². The van der Waals surface area contributed by atoms with E-state index in [4.69, 9.17) is 15.0 Å². The molecule has 14 nitrogen and oxygen atoms in total. The van der Waals surface area contributed by atoms with E-state index in [1.165, 1.54) is 0 Å². The van der Waals surface area contributed by atoms with E-state index in [1.54, 1.807) is 29.6 Å². The summed E-state index contributed by atoms with van der Waals surface area (Å²) in [5, 5.41) is 37.0. The number of carbonyl (C=O) groups is 1. The van der Waals surface area contributed by atoms with Crippen molar-refractivity contribution in [1.82, 2.24) is 44.9 Å². The number of rotatable bonds is 12. The van der Waals surface area contributed by atoms with Gasteiger partial charge < -0.3 is 31.1 Å². The maximum atomic E-state index is 12.9. The van der Waals surface area contributed by atoms with Crippen molar-refractivity contribution in [2.75, 3.05) is 29.9 Å². The van der Waals surface area contributed by atoms with Crippen molar-refractivity contribution in [2.24, 2.45) is 0 Å². The van der Waals surface area contributed by atoms with Crippen LogP contribution in [0.3, 0.4) is 0 Å². The van der Waals surface area contributed by atoms with Crippen LogP contribution in [0.4, 0.5) is 16.6 Å². The van der Waals surface area contributed by atoms with Gasteiger partial charge in [0.05, 0.1) is 18.6 Å². The van der Waals surface area contributed by atoms with Gasteiger partial charge in [-0.1, -0.05) is 73.7 Å². The standard InChI is InChI=1S/C40H45N11O3/c1-2-27-22-45-51(24-27)40(17-15-33(52)35(40)53)50-26-44-34-36(42-23-32(29-11-5-3-6-12-29)30-13-7-4-8-14-30)47-38(48-37(34)50)49-19-16-31(25-49)46-39(54)43-21-28-10-9-18-41-20-28/h3-14,18,20,22,24,26,31-33,35,52-53H,2,15-17,19,21,23,25H2,1H3,(H,42,47,48)(H2,43,46,54)/t31-,33-,35+,40-/m1/s1. The summed E-state index contributed by atoms with van der Waals surface area (Å²) < 4.78 is 3.61. The minimum atomic E-state index is -1.17. The molecule has 14 heteroatoms. The molecule has 278 valence electrons. The van der Waals surface area contributed by atoms with E-state index in [1.807, 2.05) is 59.3 Å². The zero-order valence-corrected chi connectivity index (χ0v) is 30.2. The smallest absolute Gasteiger partial charge is 0.315 e. The van der Waals surface area contributed by atoms with Gasteiger partial charge in [-0.05, 0) is 54.0 Å². The van der Waals surface area contributed by atoms with Crippen LogP contribution < -0.4 is 20.9 Å². The van der Waals surface area contributed by atoms with Crippen LogP contribution >= 0.6 is 0 Å². The number of fused-ring (bicyclic) bond motifs is 1. The highest BCUT2D eigenvalue weighted by Gasteiger charge is 2.52. The third-order valence-corrected chi connectivity index (χ3v) is 10.7. The predicted octanol–water partition coefficient (Wildman–Crippen LogP) is 4.02. The predicted molar refractivity (Wildman–Crippen MR) is 205 cm³/mol. The lowest BCUT2D eigenvalue weighted by Crippen LogP contribution is -2.50. The number of aliphatic hydroxyl groups is 2. The molecule has 4 atom stereocenters. The molecule has 54 heavy (non-hydrogen) atoms. The molecule has 2 aliphatic rings. The van der Waals surface area contributed by atoms with E-state index in [0.29, 0.717) is 68.4 Å². The number of hydrogen-bond acceptors (Lipinski definition) is 10. The van der Waals surface area contributed by atoms with Crippen molar-refractivity contribution in [3.8, 4) is 0 Å². The summed E-state index contributed by atoms with van der Waals surface area (Å²) in [4.78, 5) is 34.1. The Bertz CT molecular complexity index is 2140. The van der Waals surface area contributed by atoms with Gasteiger partial charge in [0.1, 0.15) is 6.10 Å². The van der Waals surface area contributed by atoms with Gasteiger partial charge in [0.25, 0.3) is 0 Å². The maximum absolute atomic E-state index is 12.9. The van der Waals surface area contributed by atoms with Crippen molar-refractivity contribution >= 4 is 29.0 Å². The molecule has 2 fully saturated rings. The van der Waals surface area contributed by atoms with Crippen LogP contribution in [0.5, 0.6) is 0 Å². The molecule has 1 saturated heterocycles. The first-order valence-electron chi connectivity index (χ1n) is 18.6. The average molecular weight is 728 g/mol. The number of aryl methyl sites for hydroxylation is 1. The Morgan fingerprint density at radius 3 is 2.41 bits per heavy atom. The highest BCUT2D eigenvalue weighted by molar-refractivity contribution is 5.85. The molecular weight excluding hydrogens is 683 g/mol. The average Bonchev–Trinajstić information content (AvgIpc) is 4.03. The molecule has 1 saturated carbocycles.